The predicted molar refractivity (Wildman–Crippen MR) is 79.7 cm³/mol. The topological polar surface area (TPSA) is 39.8 Å². The summed E-state index contributed by atoms with van der Waals surface area (Å²) < 4.78 is 3.84. The predicted octanol–water partition coefficient (Wildman–Crippen LogP) is 3.70. The van der Waals surface area contributed by atoms with Crippen molar-refractivity contribution in [2.45, 2.75) is 19.9 Å². The van der Waals surface area contributed by atoms with Gasteiger partial charge in [0, 0.05) is 34.9 Å². The summed E-state index contributed by atoms with van der Waals surface area (Å²) in [6, 6.07) is 5.52. The fourth-order valence-electron chi connectivity index (χ4n) is 2.36. The smallest absolute Gasteiger partial charge is 0.152 e. The van der Waals surface area contributed by atoms with Crippen molar-refractivity contribution in [2.24, 2.45) is 0 Å². The van der Waals surface area contributed by atoms with Crippen LogP contribution in [0.4, 0.5) is 0 Å². The molecule has 0 atom stereocenters. The number of aldehydes is 1. The largest absolute Gasteiger partial charge is 0.313 e. The third kappa shape index (κ3) is 2.12. The number of aryl methyl sites for hydroxylation is 1. The third-order valence-electron chi connectivity index (χ3n) is 3.28. The molecule has 0 N–H and O–H groups in total. The van der Waals surface area contributed by atoms with E-state index in [4.69, 9.17) is 11.6 Å². The van der Waals surface area contributed by atoms with Gasteiger partial charge < -0.3 is 4.57 Å². The molecule has 5 heteroatoms. The second-order valence-corrected chi connectivity index (χ2v) is 5.13. The maximum absolute atomic E-state index is 11.2. The molecule has 20 heavy (non-hydrogen) atoms. The van der Waals surface area contributed by atoms with E-state index in [1.807, 2.05) is 33.8 Å². The molecule has 3 aromatic rings. The van der Waals surface area contributed by atoms with Crippen LogP contribution in [0, 0.1) is 0 Å². The van der Waals surface area contributed by atoms with Crippen LogP contribution in [0.15, 0.2) is 36.8 Å². The minimum absolute atomic E-state index is 0.648. The van der Waals surface area contributed by atoms with E-state index in [2.05, 4.69) is 12.0 Å². The summed E-state index contributed by atoms with van der Waals surface area (Å²) in [4.78, 5) is 11.2. The van der Waals surface area contributed by atoms with Crippen molar-refractivity contribution >= 4 is 28.8 Å². The Balaban J connectivity index is 2.18. The molecule has 0 fully saturated rings. The van der Waals surface area contributed by atoms with Crippen LogP contribution in [-0.4, -0.2) is 20.6 Å². The van der Waals surface area contributed by atoms with E-state index in [1.165, 1.54) is 0 Å². The zero-order valence-corrected chi connectivity index (χ0v) is 11.8. The molecule has 4 nitrogen and oxygen atoms in total. The maximum Gasteiger partial charge on any atom is 0.152 e. The third-order valence-corrected chi connectivity index (χ3v) is 3.51. The van der Waals surface area contributed by atoms with Crippen molar-refractivity contribution in [1.82, 2.24) is 14.3 Å². The SMILES string of the molecule is CCCn1cc(-n2cc(C=O)c3ccc(Cl)cc32)cn1. The van der Waals surface area contributed by atoms with Crippen LogP contribution in [0.2, 0.25) is 5.02 Å². The molecular formula is C15H14ClN3O. The Kier molecular flexibility index (Phi) is 3.32. The summed E-state index contributed by atoms with van der Waals surface area (Å²) in [5, 5.41) is 5.87. The van der Waals surface area contributed by atoms with Crippen LogP contribution < -0.4 is 0 Å². The number of nitrogens with zero attached hydrogens (tertiary/aromatic N) is 3. The second-order valence-electron chi connectivity index (χ2n) is 4.70. The van der Waals surface area contributed by atoms with Crippen molar-refractivity contribution in [3.05, 3.63) is 47.4 Å². The molecule has 1 aromatic carbocycles. The number of carbonyl (C=O) groups excluding carboxylic acids is 1. The first-order valence-corrected chi connectivity index (χ1v) is 6.89. The lowest BCUT2D eigenvalue weighted by Crippen LogP contribution is -1.96. The van der Waals surface area contributed by atoms with E-state index in [1.54, 1.807) is 12.3 Å². The number of fused-ring (bicyclic) bond motifs is 1. The fraction of sp³-hybridized carbons (Fsp3) is 0.200. The average molecular weight is 288 g/mol. The number of hydrogen-bond acceptors (Lipinski definition) is 2. The Labute approximate surface area is 121 Å². The van der Waals surface area contributed by atoms with Crippen molar-refractivity contribution < 1.29 is 4.79 Å². The minimum atomic E-state index is 0.648. The molecule has 0 aliphatic heterocycles. The van der Waals surface area contributed by atoms with Crippen LogP contribution in [0.25, 0.3) is 16.6 Å². The molecule has 0 spiro atoms. The van der Waals surface area contributed by atoms with Crippen molar-refractivity contribution in [3.8, 4) is 5.69 Å². The number of carbonyl (C=O) groups is 1. The summed E-state index contributed by atoms with van der Waals surface area (Å²) in [5.74, 6) is 0. The van der Waals surface area contributed by atoms with Crippen LogP contribution >= 0.6 is 11.6 Å². The minimum Gasteiger partial charge on any atom is -0.313 e. The number of hydrogen-bond donors (Lipinski definition) is 0. The van der Waals surface area contributed by atoms with Crippen molar-refractivity contribution in [2.75, 3.05) is 0 Å². The molecular weight excluding hydrogens is 274 g/mol. The highest BCUT2D eigenvalue weighted by molar-refractivity contribution is 6.31. The molecule has 0 saturated heterocycles. The van der Waals surface area contributed by atoms with Gasteiger partial charge in [0.15, 0.2) is 6.29 Å². The van der Waals surface area contributed by atoms with Crippen molar-refractivity contribution in [1.29, 1.82) is 0 Å². The Morgan fingerprint density at radius 3 is 2.95 bits per heavy atom. The van der Waals surface area contributed by atoms with E-state index in [-0.39, 0.29) is 0 Å². The van der Waals surface area contributed by atoms with Crippen LogP contribution in [0.5, 0.6) is 0 Å². The van der Waals surface area contributed by atoms with Gasteiger partial charge in [0.2, 0.25) is 0 Å². The normalized spacial score (nSPS) is 11.1. The molecule has 0 unspecified atom stereocenters. The zero-order chi connectivity index (χ0) is 14.1. The van der Waals surface area contributed by atoms with Crippen molar-refractivity contribution in [3.63, 3.8) is 0 Å². The maximum atomic E-state index is 11.2. The van der Waals surface area contributed by atoms with Gasteiger partial charge in [-0.05, 0) is 18.6 Å². The lowest BCUT2D eigenvalue weighted by Gasteiger charge is -2.01. The van der Waals surface area contributed by atoms with Gasteiger partial charge in [-0.25, -0.2) is 0 Å². The molecule has 0 bridgehead atoms. The number of benzene rings is 1. The first-order chi connectivity index (χ1) is 9.72. The van der Waals surface area contributed by atoms with Gasteiger partial charge in [0.1, 0.15) is 0 Å². The monoisotopic (exact) mass is 287 g/mol. The second kappa shape index (κ2) is 5.13. The van der Waals surface area contributed by atoms with E-state index in [0.29, 0.717) is 10.6 Å². The number of halogens is 1. The quantitative estimate of drug-likeness (QED) is 0.686. The summed E-state index contributed by atoms with van der Waals surface area (Å²) in [6.07, 6.45) is 7.48. The highest BCUT2D eigenvalue weighted by atomic mass is 35.5. The van der Waals surface area contributed by atoms with Crippen LogP contribution in [0.3, 0.4) is 0 Å². The van der Waals surface area contributed by atoms with Gasteiger partial charge in [-0.15, -0.1) is 0 Å². The molecule has 0 aliphatic carbocycles. The Hall–Kier alpha value is -2.07. The average Bonchev–Trinajstić information content (AvgIpc) is 3.03. The first-order valence-electron chi connectivity index (χ1n) is 6.51. The summed E-state index contributed by atoms with van der Waals surface area (Å²) in [5.41, 5.74) is 2.49. The summed E-state index contributed by atoms with van der Waals surface area (Å²) in [6.45, 7) is 2.98. The molecule has 3 rings (SSSR count). The van der Waals surface area contributed by atoms with Crippen LogP contribution in [0.1, 0.15) is 23.7 Å². The molecule has 2 aromatic heterocycles. The Bertz CT molecular complexity index is 773. The van der Waals surface area contributed by atoms with E-state index < -0.39 is 0 Å². The standard InChI is InChI=1S/C15H14ClN3O/c1-2-5-18-9-13(7-17-18)19-8-11(10-20)14-4-3-12(16)6-15(14)19/h3-4,6-10H,2,5H2,1H3. The molecule has 0 aliphatic rings. The van der Waals surface area contributed by atoms with Gasteiger partial charge in [0.25, 0.3) is 0 Å². The van der Waals surface area contributed by atoms with Gasteiger partial charge in [-0.1, -0.05) is 24.6 Å². The molecule has 0 saturated carbocycles. The molecule has 102 valence electrons. The Morgan fingerprint density at radius 2 is 2.20 bits per heavy atom. The molecule has 2 heterocycles. The van der Waals surface area contributed by atoms with Crippen LogP contribution in [-0.2, 0) is 6.54 Å². The highest BCUT2D eigenvalue weighted by Crippen LogP contribution is 2.26. The number of aromatic nitrogens is 3. The zero-order valence-electron chi connectivity index (χ0n) is 11.1. The van der Waals surface area contributed by atoms with Gasteiger partial charge in [-0.2, -0.15) is 5.10 Å². The lowest BCUT2D eigenvalue weighted by molar-refractivity contribution is 0.112. The van der Waals surface area contributed by atoms with E-state index in [9.17, 15) is 4.79 Å². The fourth-order valence-corrected chi connectivity index (χ4v) is 2.53. The van der Waals surface area contributed by atoms with Gasteiger partial charge >= 0.3 is 0 Å². The van der Waals surface area contributed by atoms with E-state index >= 15 is 0 Å². The summed E-state index contributed by atoms with van der Waals surface area (Å²) >= 11 is 6.06. The first kappa shape index (κ1) is 12.9. The molecule has 0 radical (unpaired) electrons. The van der Waals surface area contributed by atoms with Gasteiger partial charge in [0.05, 0.1) is 17.4 Å². The van der Waals surface area contributed by atoms with Gasteiger partial charge in [-0.3, -0.25) is 9.48 Å². The Morgan fingerprint density at radius 1 is 1.35 bits per heavy atom. The highest BCUT2D eigenvalue weighted by Gasteiger charge is 2.11. The van der Waals surface area contributed by atoms with E-state index in [0.717, 1.165) is 35.8 Å². The summed E-state index contributed by atoms with van der Waals surface area (Å²) in [7, 11) is 0. The molecule has 0 amide bonds. The number of rotatable bonds is 4. The lowest BCUT2D eigenvalue weighted by atomic mass is 10.2.